The molecule has 0 fully saturated rings. The van der Waals surface area contributed by atoms with Crippen LogP contribution in [0.1, 0.15) is 24.2 Å². The van der Waals surface area contributed by atoms with Gasteiger partial charge in [-0.15, -0.1) is 0 Å². The Bertz CT molecular complexity index is 695. The molecule has 3 nitrogen and oxygen atoms in total. The van der Waals surface area contributed by atoms with Crippen molar-refractivity contribution in [3.63, 3.8) is 0 Å². The highest BCUT2D eigenvalue weighted by Gasteiger charge is 2.05. The Labute approximate surface area is 118 Å². The zero-order valence-electron chi connectivity index (χ0n) is 11.5. The Morgan fingerprint density at radius 2 is 2.00 bits per heavy atom. The molecule has 0 aliphatic carbocycles. The third-order valence-corrected chi connectivity index (χ3v) is 3.45. The molecule has 0 saturated carbocycles. The molecule has 0 radical (unpaired) electrons. The summed E-state index contributed by atoms with van der Waals surface area (Å²) < 4.78 is 0. The topological polar surface area (TPSA) is 37.8 Å². The highest BCUT2D eigenvalue weighted by Crippen LogP contribution is 2.15. The fourth-order valence-electron chi connectivity index (χ4n) is 2.25. The Kier molecular flexibility index (Phi) is 3.70. The number of nitrogens with zero attached hydrogens (tertiary/aromatic N) is 2. The second-order valence-corrected chi connectivity index (χ2v) is 4.91. The monoisotopic (exact) mass is 263 g/mol. The predicted molar refractivity (Wildman–Crippen MR) is 81.2 cm³/mol. The lowest BCUT2D eigenvalue weighted by Gasteiger charge is -2.13. The number of rotatable bonds is 4. The van der Waals surface area contributed by atoms with Gasteiger partial charge >= 0.3 is 0 Å². The summed E-state index contributed by atoms with van der Waals surface area (Å²) >= 11 is 0. The molecule has 1 atom stereocenters. The van der Waals surface area contributed by atoms with Gasteiger partial charge in [0.2, 0.25) is 0 Å². The van der Waals surface area contributed by atoms with Crippen molar-refractivity contribution in [2.75, 3.05) is 0 Å². The van der Waals surface area contributed by atoms with Gasteiger partial charge in [0.15, 0.2) is 0 Å². The number of benzene rings is 1. The fourth-order valence-corrected chi connectivity index (χ4v) is 2.25. The molecule has 3 heteroatoms. The third-order valence-electron chi connectivity index (χ3n) is 3.45. The minimum Gasteiger partial charge on any atom is -0.305 e. The van der Waals surface area contributed by atoms with E-state index in [0.717, 1.165) is 12.2 Å². The van der Waals surface area contributed by atoms with Gasteiger partial charge in [-0.2, -0.15) is 0 Å². The molecule has 0 saturated heterocycles. The van der Waals surface area contributed by atoms with Gasteiger partial charge in [-0.3, -0.25) is 9.97 Å². The van der Waals surface area contributed by atoms with Crippen molar-refractivity contribution in [1.82, 2.24) is 15.3 Å². The lowest BCUT2D eigenvalue weighted by atomic mass is 10.1. The molecule has 2 heterocycles. The van der Waals surface area contributed by atoms with Crippen LogP contribution in [-0.4, -0.2) is 9.97 Å². The van der Waals surface area contributed by atoms with Crippen molar-refractivity contribution in [3.05, 3.63) is 72.3 Å². The molecule has 0 bridgehead atoms. The number of pyridine rings is 2. The van der Waals surface area contributed by atoms with E-state index in [2.05, 4.69) is 40.4 Å². The van der Waals surface area contributed by atoms with Crippen molar-refractivity contribution in [2.24, 2.45) is 0 Å². The van der Waals surface area contributed by atoms with Gasteiger partial charge in [-0.1, -0.05) is 18.2 Å². The zero-order chi connectivity index (χ0) is 13.8. The second kappa shape index (κ2) is 5.80. The molecule has 1 N–H and O–H groups in total. The average molecular weight is 263 g/mol. The highest BCUT2D eigenvalue weighted by molar-refractivity contribution is 5.81. The van der Waals surface area contributed by atoms with E-state index in [1.54, 1.807) is 0 Å². The molecular formula is C17H17N3. The van der Waals surface area contributed by atoms with Crippen LogP contribution in [0.5, 0.6) is 0 Å². The number of hydrogen-bond acceptors (Lipinski definition) is 3. The maximum Gasteiger partial charge on any atom is 0.0570 e. The smallest absolute Gasteiger partial charge is 0.0570 e. The largest absolute Gasteiger partial charge is 0.305 e. The molecule has 0 spiro atoms. The second-order valence-electron chi connectivity index (χ2n) is 4.91. The molecule has 20 heavy (non-hydrogen) atoms. The van der Waals surface area contributed by atoms with E-state index in [9.17, 15) is 0 Å². The summed E-state index contributed by atoms with van der Waals surface area (Å²) in [6, 6.07) is 14.7. The van der Waals surface area contributed by atoms with Gasteiger partial charge < -0.3 is 5.32 Å². The molecular weight excluding hydrogens is 246 g/mol. The number of aromatic nitrogens is 2. The van der Waals surface area contributed by atoms with Crippen LogP contribution in [0.4, 0.5) is 0 Å². The summed E-state index contributed by atoms with van der Waals surface area (Å²) in [5.41, 5.74) is 2.34. The molecule has 1 aromatic carbocycles. The molecule has 0 aliphatic rings. The van der Waals surface area contributed by atoms with Crippen molar-refractivity contribution in [2.45, 2.75) is 19.5 Å². The van der Waals surface area contributed by atoms with Crippen LogP contribution in [0.15, 0.2) is 61.1 Å². The van der Waals surface area contributed by atoms with Crippen LogP contribution in [-0.2, 0) is 6.54 Å². The van der Waals surface area contributed by atoms with Gasteiger partial charge in [0.05, 0.1) is 5.69 Å². The Morgan fingerprint density at radius 3 is 2.85 bits per heavy atom. The first kappa shape index (κ1) is 12.8. The lowest BCUT2D eigenvalue weighted by Crippen LogP contribution is -2.18. The summed E-state index contributed by atoms with van der Waals surface area (Å²) in [6.07, 6.45) is 5.55. The maximum atomic E-state index is 4.37. The van der Waals surface area contributed by atoms with E-state index >= 15 is 0 Å². The first-order valence-corrected chi connectivity index (χ1v) is 6.80. The van der Waals surface area contributed by atoms with Gasteiger partial charge in [0.25, 0.3) is 0 Å². The minimum atomic E-state index is 0.240. The molecule has 3 aromatic rings. The highest BCUT2D eigenvalue weighted by atomic mass is 14.9. The van der Waals surface area contributed by atoms with Crippen LogP contribution in [0.3, 0.4) is 0 Å². The van der Waals surface area contributed by atoms with E-state index in [-0.39, 0.29) is 6.04 Å². The molecule has 0 aliphatic heterocycles. The van der Waals surface area contributed by atoms with Crippen molar-refractivity contribution >= 4 is 10.8 Å². The van der Waals surface area contributed by atoms with Crippen LogP contribution in [0, 0.1) is 0 Å². The van der Waals surface area contributed by atoms with E-state index in [0.29, 0.717) is 0 Å². The van der Waals surface area contributed by atoms with Gasteiger partial charge in [-0.25, -0.2) is 0 Å². The normalized spacial score (nSPS) is 12.4. The zero-order valence-corrected chi connectivity index (χ0v) is 11.5. The number of fused-ring (bicyclic) bond motifs is 1. The quantitative estimate of drug-likeness (QED) is 0.783. The van der Waals surface area contributed by atoms with Gasteiger partial charge in [0, 0.05) is 36.6 Å². The SMILES string of the molecule is CC(NCc1ccc2cnccc2c1)c1ccccn1. The van der Waals surface area contributed by atoms with Crippen LogP contribution in [0.25, 0.3) is 10.8 Å². The number of hydrogen-bond donors (Lipinski definition) is 1. The molecule has 0 amide bonds. The maximum absolute atomic E-state index is 4.37. The summed E-state index contributed by atoms with van der Waals surface area (Å²) in [5, 5.41) is 5.90. The standard InChI is InChI=1S/C17H17N3/c1-13(17-4-2-3-8-19-17)20-11-14-5-6-16-12-18-9-7-15(16)10-14/h2-10,12-13,20H,11H2,1H3. The number of nitrogens with one attached hydrogen (secondary N) is 1. The lowest BCUT2D eigenvalue weighted by molar-refractivity contribution is 0.562. The summed E-state index contributed by atoms with van der Waals surface area (Å²) in [6.45, 7) is 2.96. The molecule has 2 aromatic heterocycles. The summed E-state index contributed by atoms with van der Waals surface area (Å²) in [5.74, 6) is 0. The first-order chi connectivity index (χ1) is 9.83. The molecule has 1 unspecified atom stereocenters. The Hall–Kier alpha value is -2.26. The Balaban J connectivity index is 1.70. The van der Waals surface area contributed by atoms with E-state index < -0.39 is 0 Å². The van der Waals surface area contributed by atoms with Crippen LogP contribution in [0.2, 0.25) is 0 Å². The minimum absolute atomic E-state index is 0.240. The van der Waals surface area contributed by atoms with Crippen molar-refractivity contribution in [3.8, 4) is 0 Å². The van der Waals surface area contributed by atoms with Crippen LogP contribution >= 0.6 is 0 Å². The summed E-state index contributed by atoms with van der Waals surface area (Å²) in [7, 11) is 0. The molecule has 3 rings (SSSR count). The third kappa shape index (κ3) is 2.83. The van der Waals surface area contributed by atoms with E-state index in [1.165, 1.54) is 16.3 Å². The predicted octanol–water partition coefficient (Wildman–Crippen LogP) is 3.48. The molecule has 100 valence electrons. The first-order valence-electron chi connectivity index (χ1n) is 6.80. The van der Waals surface area contributed by atoms with Crippen molar-refractivity contribution < 1.29 is 0 Å². The van der Waals surface area contributed by atoms with Crippen molar-refractivity contribution in [1.29, 1.82) is 0 Å². The summed E-state index contributed by atoms with van der Waals surface area (Å²) in [4.78, 5) is 8.50. The van der Waals surface area contributed by atoms with Gasteiger partial charge in [0.1, 0.15) is 0 Å². The van der Waals surface area contributed by atoms with E-state index in [4.69, 9.17) is 0 Å². The van der Waals surface area contributed by atoms with E-state index in [1.807, 2.05) is 42.9 Å². The Morgan fingerprint density at radius 1 is 1.05 bits per heavy atom. The fraction of sp³-hybridized carbons (Fsp3) is 0.176. The average Bonchev–Trinajstić information content (AvgIpc) is 2.53. The van der Waals surface area contributed by atoms with Crippen LogP contribution < -0.4 is 5.32 Å². The van der Waals surface area contributed by atoms with Gasteiger partial charge in [-0.05, 0) is 42.1 Å².